The molecule has 0 amide bonds. The Morgan fingerprint density at radius 3 is 2.60 bits per heavy atom. The summed E-state index contributed by atoms with van der Waals surface area (Å²) in [4.78, 5) is 4.40. The van der Waals surface area contributed by atoms with Gasteiger partial charge in [-0.05, 0) is 48.9 Å². The van der Waals surface area contributed by atoms with Crippen LogP contribution in [0, 0.1) is 6.92 Å². The van der Waals surface area contributed by atoms with Gasteiger partial charge in [-0.2, -0.15) is 4.98 Å². The van der Waals surface area contributed by atoms with Crippen molar-refractivity contribution in [1.82, 2.24) is 10.1 Å². The van der Waals surface area contributed by atoms with E-state index in [4.69, 9.17) is 4.52 Å². The lowest BCUT2D eigenvalue weighted by molar-refractivity contribution is 0.432. The summed E-state index contributed by atoms with van der Waals surface area (Å²) in [5.74, 6) is 1.19. The Morgan fingerprint density at radius 2 is 1.85 bits per heavy atom. The van der Waals surface area contributed by atoms with Crippen LogP contribution in [0.1, 0.15) is 5.56 Å². The van der Waals surface area contributed by atoms with Gasteiger partial charge in [0.1, 0.15) is 5.75 Å². The van der Waals surface area contributed by atoms with E-state index < -0.39 is 0 Å². The van der Waals surface area contributed by atoms with Crippen LogP contribution in [0.25, 0.3) is 22.8 Å². The number of aromatic nitrogens is 2. The third kappa shape index (κ3) is 2.44. The fourth-order valence-electron chi connectivity index (χ4n) is 1.89. The topological polar surface area (TPSA) is 59.2 Å². The minimum atomic E-state index is 0.209. The molecule has 0 aliphatic carbocycles. The first kappa shape index (κ1) is 12.9. The van der Waals surface area contributed by atoms with Gasteiger partial charge < -0.3 is 9.63 Å². The number of aryl methyl sites for hydroxylation is 1. The highest BCUT2D eigenvalue weighted by molar-refractivity contribution is 9.10. The molecule has 0 aliphatic rings. The molecule has 0 atom stereocenters. The van der Waals surface area contributed by atoms with Gasteiger partial charge in [0.05, 0.1) is 0 Å². The smallest absolute Gasteiger partial charge is 0.258 e. The highest BCUT2D eigenvalue weighted by atomic mass is 79.9. The maximum Gasteiger partial charge on any atom is 0.258 e. The zero-order valence-electron chi connectivity index (χ0n) is 10.7. The van der Waals surface area contributed by atoms with Gasteiger partial charge >= 0.3 is 0 Å². The summed E-state index contributed by atoms with van der Waals surface area (Å²) in [6, 6.07) is 12.6. The lowest BCUT2D eigenvalue weighted by atomic mass is 10.1. The lowest BCUT2D eigenvalue weighted by Crippen LogP contribution is -1.84. The van der Waals surface area contributed by atoms with E-state index in [0.717, 1.165) is 21.2 Å². The quantitative estimate of drug-likeness (QED) is 0.765. The SMILES string of the molecule is Cc1ccc(Br)cc1-c1nc(-c2ccc(O)cc2)no1. The van der Waals surface area contributed by atoms with Gasteiger partial charge in [0.25, 0.3) is 5.89 Å². The predicted molar refractivity (Wildman–Crippen MR) is 79.3 cm³/mol. The molecule has 0 aliphatic heterocycles. The van der Waals surface area contributed by atoms with Crippen molar-refractivity contribution in [3.8, 4) is 28.6 Å². The van der Waals surface area contributed by atoms with Crippen LogP contribution in [0.2, 0.25) is 0 Å². The van der Waals surface area contributed by atoms with Gasteiger partial charge in [-0.25, -0.2) is 0 Å². The molecule has 0 fully saturated rings. The van der Waals surface area contributed by atoms with Crippen molar-refractivity contribution in [3.63, 3.8) is 0 Å². The number of rotatable bonds is 2. The molecule has 3 rings (SSSR count). The average Bonchev–Trinajstić information content (AvgIpc) is 2.92. The van der Waals surface area contributed by atoms with Crippen LogP contribution in [0.4, 0.5) is 0 Å². The minimum absolute atomic E-state index is 0.209. The van der Waals surface area contributed by atoms with E-state index in [1.165, 1.54) is 0 Å². The third-order valence-corrected chi connectivity index (χ3v) is 3.47. The number of phenols is 1. The first-order valence-corrected chi connectivity index (χ1v) is 6.82. The molecule has 0 saturated heterocycles. The largest absolute Gasteiger partial charge is 0.508 e. The van der Waals surface area contributed by atoms with E-state index >= 15 is 0 Å². The Morgan fingerprint density at radius 1 is 1.10 bits per heavy atom. The van der Waals surface area contributed by atoms with Crippen molar-refractivity contribution in [2.45, 2.75) is 6.92 Å². The second-order valence-electron chi connectivity index (χ2n) is 4.43. The Kier molecular flexibility index (Phi) is 3.28. The number of aromatic hydroxyl groups is 1. The van der Waals surface area contributed by atoms with Crippen LogP contribution in [-0.2, 0) is 0 Å². The van der Waals surface area contributed by atoms with Crippen molar-refractivity contribution in [2.24, 2.45) is 0 Å². The number of hydrogen-bond acceptors (Lipinski definition) is 4. The highest BCUT2D eigenvalue weighted by Gasteiger charge is 2.12. The zero-order valence-corrected chi connectivity index (χ0v) is 12.3. The van der Waals surface area contributed by atoms with Gasteiger partial charge in [0.2, 0.25) is 5.82 Å². The Balaban J connectivity index is 2.01. The summed E-state index contributed by atoms with van der Waals surface area (Å²) in [6.45, 7) is 1.99. The van der Waals surface area contributed by atoms with Crippen LogP contribution in [0.5, 0.6) is 5.75 Å². The molecule has 5 heteroatoms. The summed E-state index contributed by atoms with van der Waals surface area (Å²) >= 11 is 3.44. The second kappa shape index (κ2) is 5.09. The van der Waals surface area contributed by atoms with Crippen molar-refractivity contribution in [2.75, 3.05) is 0 Å². The van der Waals surface area contributed by atoms with E-state index in [2.05, 4.69) is 26.1 Å². The Hall–Kier alpha value is -2.14. The lowest BCUT2D eigenvalue weighted by Gasteiger charge is -2.00. The molecular formula is C15H11BrN2O2. The summed E-state index contributed by atoms with van der Waals surface area (Å²) in [7, 11) is 0. The van der Waals surface area contributed by atoms with Crippen molar-refractivity contribution in [1.29, 1.82) is 0 Å². The molecule has 1 N–H and O–H groups in total. The van der Waals surface area contributed by atoms with Crippen LogP contribution in [0.3, 0.4) is 0 Å². The molecule has 0 spiro atoms. The fourth-order valence-corrected chi connectivity index (χ4v) is 2.25. The molecule has 3 aromatic rings. The second-order valence-corrected chi connectivity index (χ2v) is 5.34. The molecule has 4 nitrogen and oxygen atoms in total. The molecule has 1 aromatic heterocycles. The van der Waals surface area contributed by atoms with E-state index in [1.807, 2.05) is 25.1 Å². The van der Waals surface area contributed by atoms with Crippen molar-refractivity contribution < 1.29 is 9.63 Å². The average molecular weight is 331 g/mol. The summed E-state index contributed by atoms with van der Waals surface area (Å²) in [5, 5.41) is 13.3. The van der Waals surface area contributed by atoms with Gasteiger partial charge in [-0.15, -0.1) is 0 Å². The number of hydrogen-bond donors (Lipinski definition) is 1. The first-order valence-electron chi connectivity index (χ1n) is 6.03. The molecule has 0 saturated carbocycles. The molecular weight excluding hydrogens is 320 g/mol. The normalized spacial score (nSPS) is 10.7. The standard InChI is InChI=1S/C15H11BrN2O2/c1-9-2-5-11(16)8-13(9)15-17-14(18-20-15)10-3-6-12(19)7-4-10/h2-8,19H,1H3. The minimum Gasteiger partial charge on any atom is -0.508 e. The van der Waals surface area contributed by atoms with Crippen molar-refractivity contribution >= 4 is 15.9 Å². The highest BCUT2D eigenvalue weighted by Crippen LogP contribution is 2.27. The Bertz CT molecular complexity index is 751. The molecule has 1 heterocycles. The van der Waals surface area contributed by atoms with Crippen molar-refractivity contribution in [3.05, 3.63) is 52.5 Å². The summed E-state index contributed by atoms with van der Waals surface area (Å²) in [6.07, 6.45) is 0. The summed E-state index contributed by atoms with van der Waals surface area (Å²) in [5.41, 5.74) is 2.76. The number of phenolic OH excluding ortho intramolecular Hbond substituents is 1. The Labute approximate surface area is 124 Å². The molecule has 100 valence electrons. The predicted octanol–water partition coefficient (Wildman–Crippen LogP) is 4.18. The van der Waals surface area contributed by atoms with Gasteiger partial charge in [-0.1, -0.05) is 27.2 Å². The van der Waals surface area contributed by atoms with Crippen LogP contribution in [0.15, 0.2) is 51.5 Å². The zero-order chi connectivity index (χ0) is 14.1. The third-order valence-electron chi connectivity index (χ3n) is 2.98. The number of benzene rings is 2. The van der Waals surface area contributed by atoms with Gasteiger partial charge in [-0.3, -0.25) is 0 Å². The molecule has 20 heavy (non-hydrogen) atoms. The van der Waals surface area contributed by atoms with Gasteiger partial charge in [0.15, 0.2) is 0 Å². The van der Waals surface area contributed by atoms with E-state index in [-0.39, 0.29) is 5.75 Å². The van der Waals surface area contributed by atoms with E-state index in [9.17, 15) is 5.11 Å². The number of halogens is 1. The first-order chi connectivity index (χ1) is 9.63. The summed E-state index contributed by atoms with van der Waals surface area (Å²) < 4.78 is 6.29. The van der Waals surface area contributed by atoms with Crippen LogP contribution < -0.4 is 0 Å². The van der Waals surface area contributed by atoms with Crippen LogP contribution in [-0.4, -0.2) is 15.2 Å². The van der Waals surface area contributed by atoms with E-state index in [0.29, 0.717) is 11.7 Å². The van der Waals surface area contributed by atoms with Crippen LogP contribution >= 0.6 is 15.9 Å². The molecule has 0 bridgehead atoms. The van der Waals surface area contributed by atoms with Gasteiger partial charge in [0, 0.05) is 15.6 Å². The molecule has 0 unspecified atom stereocenters. The number of nitrogens with zero attached hydrogens (tertiary/aromatic N) is 2. The molecule has 0 radical (unpaired) electrons. The maximum absolute atomic E-state index is 9.28. The monoisotopic (exact) mass is 330 g/mol. The molecule has 2 aromatic carbocycles. The van der Waals surface area contributed by atoms with E-state index in [1.54, 1.807) is 24.3 Å². The fraction of sp³-hybridized carbons (Fsp3) is 0.0667. The maximum atomic E-state index is 9.28.